The Morgan fingerprint density at radius 1 is 0.755 bits per heavy atom. The van der Waals surface area contributed by atoms with Gasteiger partial charge in [0.2, 0.25) is 23.6 Å². The van der Waals surface area contributed by atoms with Crippen LogP contribution in [0.5, 0.6) is 0 Å². The van der Waals surface area contributed by atoms with Crippen LogP contribution in [0.3, 0.4) is 0 Å². The standard InChI is InChI=1S/C29H40N10O10/c30-17(11-22(40)41)24(44)37-20(10-16-13-33-14-35-16)27(47)38-19(9-15-5-2-1-3-6-15)26(46)36-18(7-4-8-34-29(31)32)25(45)39-21(28(48)49)12-23(42)43/h1-3,5-6,13-14,17-21H,4,7-12,30H2,(H,33,35)(H,36,46)(H,37,44)(H,38,47)(H,39,45)(H,40,41)(H,42,43)(H,48,49)(H4,31,32,34)/t17-,18-,19-,20-,21-/m0/s1. The normalized spacial score (nSPS) is 13.7. The molecule has 4 amide bonds. The number of hydrogen-bond acceptors (Lipinski definition) is 10. The van der Waals surface area contributed by atoms with Gasteiger partial charge in [-0.3, -0.25) is 33.8 Å². The van der Waals surface area contributed by atoms with Gasteiger partial charge in [-0.2, -0.15) is 0 Å². The molecule has 0 unspecified atom stereocenters. The van der Waals surface area contributed by atoms with E-state index in [0.717, 1.165) is 0 Å². The molecule has 2 aromatic rings. The van der Waals surface area contributed by atoms with Gasteiger partial charge in [-0.25, -0.2) is 9.78 Å². The average Bonchev–Trinajstić information content (AvgIpc) is 3.54. The molecule has 0 fully saturated rings. The fourth-order valence-electron chi connectivity index (χ4n) is 4.41. The van der Waals surface area contributed by atoms with E-state index in [9.17, 15) is 38.7 Å². The number of nitrogens with zero attached hydrogens (tertiary/aromatic N) is 2. The SMILES string of the molecule is NC(N)=NCCC[C@H](NC(=O)[C@H](Cc1ccccc1)NC(=O)[C@H](Cc1cnc[nH]1)NC(=O)[C@@H](N)CC(=O)O)C(=O)N[C@@H](CC(=O)O)C(=O)O. The molecular formula is C29H40N10O10. The molecule has 20 nitrogen and oxygen atoms in total. The lowest BCUT2D eigenvalue weighted by molar-refractivity contribution is -0.147. The molecule has 0 saturated heterocycles. The molecule has 0 aliphatic carbocycles. The first-order valence-corrected chi connectivity index (χ1v) is 14.9. The van der Waals surface area contributed by atoms with E-state index in [-0.39, 0.29) is 38.2 Å². The van der Waals surface area contributed by atoms with Crippen LogP contribution in [0.4, 0.5) is 0 Å². The van der Waals surface area contributed by atoms with Crippen molar-refractivity contribution >= 4 is 47.5 Å². The summed E-state index contributed by atoms with van der Waals surface area (Å²) in [6.45, 7) is 0.0304. The van der Waals surface area contributed by atoms with Crippen molar-refractivity contribution < 1.29 is 48.9 Å². The van der Waals surface area contributed by atoms with Gasteiger partial charge < -0.3 is 58.8 Å². The highest BCUT2D eigenvalue weighted by Gasteiger charge is 2.33. The molecule has 1 aromatic carbocycles. The van der Waals surface area contributed by atoms with Gasteiger partial charge in [0.1, 0.15) is 24.2 Å². The molecule has 1 aromatic heterocycles. The van der Waals surface area contributed by atoms with Crippen molar-refractivity contribution in [1.29, 1.82) is 0 Å². The second kappa shape index (κ2) is 19.6. The van der Waals surface area contributed by atoms with Crippen LogP contribution < -0.4 is 38.5 Å². The topological polar surface area (TPSA) is 347 Å². The summed E-state index contributed by atoms with van der Waals surface area (Å²) in [6, 6.07) is 0.942. The van der Waals surface area contributed by atoms with Gasteiger partial charge in [0, 0.05) is 31.3 Å². The van der Waals surface area contributed by atoms with Crippen molar-refractivity contribution in [3.8, 4) is 0 Å². The van der Waals surface area contributed by atoms with Crippen molar-refractivity contribution in [2.24, 2.45) is 22.2 Å². The van der Waals surface area contributed by atoms with Gasteiger partial charge in [-0.15, -0.1) is 0 Å². The summed E-state index contributed by atoms with van der Waals surface area (Å²) >= 11 is 0. The van der Waals surface area contributed by atoms with Crippen LogP contribution >= 0.6 is 0 Å². The Kier molecular flexibility index (Phi) is 15.6. The first kappa shape index (κ1) is 39.1. The highest BCUT2D eigenvalue weighted by molar-refractivity contribution is 5.96. The highest BCUT2D eigenvalue weighted by Crippen LogP contribution is 2.08. The predicted octanol–water partition coefficient (Wildman–Crippen LogP) is -3.45. The first-order valence-electron chi connectivity index (χ1n) is 14.9. The number of aliphatic imine (C=N–C) groups is 1. The predicted molar refractivity (Wildman–Crippen MR) is 170 cm³/mol. The number of carboxylic acids is 3. The minimum atomic E-state index is -1.82. The highest BCUT2D eigenvalue weighted by atomic mass is 16.4. The molecule has 49 heavy (non-hydrogen) atoms. The Morgan fingerprint density at radius 2 is 1.31 bits per heavy atom. The number of aliphatic carboxylic acids is 3. The third-order valence-corrected chi connectivity index (χ3v) is 6.83. The van der Waals surface area contributed by atoms with Crippen LogP contribution in [-0.2, 0) is 46.4 Å². The number of benzene rings is 1. The molecule has 0 radical (unpaired) electrons. The number of H-pyrrole nitrogens is 1. The number of carboxylic acid groups (broad SMARTS) is 3. The number of aromatic amines is 1. The number of amides is 4. The lowest BCUT2D eigenvalue weighted by Gasteiger charge is -2.26. The maximum absolute atomic E-state index is 13.8. The molecule has 0 saturated carbocycles. The molecular weight excluding hydrogens is 648 g/mol. The second-order valence-electron chi connectivity index (χ2n) is 10.8. The quantitative estimate of drug-likeness (QED) is 0.0345. The largest absolute Gasteiger partial charge is 0.481 e. The van der Waals surface area contributed by atoms with E-state index in [1.807, 2.05) is 0 Å². The van der Waals surface area contributed by atoms with Crippen LogP contribution in [0.25, 0.3) is 0 Å². The lowest BCUT2D eigenvalue weighted by Crippen LogP contribution is -2.59. The van der Waals surface area contributed by atoms with Gasteiger partial charge in [0.25, 0.3) is 0 Å². The molecule has 0 spiro atoms. The smallest absolute Gasteiger partial charge is 0.326 e. The Bertz CT molecular complexity index is 1480. The summed E-state index contributed by atoms with van der Waals surface area (Å²) in [6.07, 6.45) is 0.786. The average molecular weight is 689 g/mol. The fourth-order valence-corrected chi connectivity index (χ4v) is 4.41. The summed E-state index contributed by atoms with van der Waals surface area (Å²) in [5, 5.41) is 37.1. The number of imidazole rings is 1. The molecule has 0 aliphatic heterocycles. The molecule has 0 bridgehead atoms. The Morgan fingerprint density at radius 3 is 1.86 bits per heavy atom. The number of guanidine groups is 1. The van der Waals surface area contributed by atoms with Crippen LogP contribution in [0.15, 0.2) is 47.8 Å². The number of aromatic nitrogens is 2. The Labute approximate surface area is 279 Å². The van der Waals surface area contributed by atoms with Gasteiger partial charge in [-0.05, 0) is 18.4 Å². The van der Waals surface area contributed by atoms with E-state index in [0.29, 0.717) is 11.3 Å². The molecule has 20 heteroatoms. The molecule has 266 valence electrons. The monoisotopic (exact) mass is 688 g/mol. The number of rotatable bonds is 21. The lowest BCUT2D eigenvalue weighted by atomic mass is 10.0. The third kappa shape index (κ3) is 14.5. The van der Waals surface area contributed by atoms with Crippen LogP contribution in [0, 0.1) is 0 Å². The van der Waals surface area contributed by atoms with Gasteiger partial charge in [0.15, 0.2) is 5.96 Å². The molecule has 1 heterocycles. The third-order valence-electron chi connectivity index (χ3n) is 6.83. The Balaban J connectivity index is 2.38. The minimum Gasteiger partial charge on any atom is -0.481 e. The number of carbonyl (C=O) groups excluding carboxylic acids is 4. The first-order chi connectivity index (χ1) is 23.2. The summed E-state index contributed by atoms with van der Waals surface area (Å²) in [4.78, 5) is 97.6. The molecule has 0 aliphatic rings. The van der Waals surface area contributed by atoms with Crippen LogP contribution in [0.2, 0.25) is 0 Å². The number of hydrogen-bond donors (Lipinski definition) is 11. The molecule has 2 rings (SSSR count). The summed E-state index contributed by atoms with van der Waals surface area (Å²) in [7, 11) is 0. The second-order valence-corrected chi connectivity index (χ2v) is 10.8. The summed E-state index contributed by atoms with van der Waals surface area (Å²) in [5.41, 5.74) is 17.4. The van der Waals surface area contributed by atoms with Crippen molar-refractivity contribution in [3.63, 3.8) is 0 Å². The van der Waals surface area contributed by atoms with Crippen molar-refractivity contribution in [2.45, 2.75) is 68.7 Å². The van der Waals surface area contributed by atoms with Gasteiger partial charge >= 0.3 is 17.9 Å². The van der Waals surface area contributed by atoms with Gasteiger partial charge in [0.05, 0.1) is 25.2 Å². The van der Waals surface area contributed by atoms with E-state index < -0.39 is 84.6 Å². The zero-order valence-corrected chi connectivity index (χ0v) is 26.2. The van der Waals surface area contributed by atoms with E-state index in [4.69, 9.17) is 27.4 Å². The Hall–Kier alpha value is -6.05. The fraction of sp³-hybridized carbons (Fsp3) is 0.414. The van der Waals surface area contributed by atoms with E-state index >= 15 is 0 Å². The van der Waals surface area contributed by atoms with E-state index in [1.54, 1.807) is 30.3 Å². The zero-order chi connectivity index (χ0) is 36.5. The van der Waals surface area contributed by atoms with E-state index in [1.165, 1.54) is 12.5 Å². The van der Waals surface area contributed by atoms with Crippen LogP contribution in [-0.4, -0.2) is 110 Å². The number of nitrogens with two attached hydrogens (primary N) is 3. The van der Waals surface area contributed by atoms with Crippen molar-refractivity contribution in [3.05, 3.63) is 54.1 Å². The number of nitrogens with one attached hydrogen (secondary N) is 5. The zero-order valence-electron chi connectivity index (χ0n) is 26.2. The summed E-state index contributed by atoms with van der Waals surface area (Å²) in [5.74, 6) is -8.42. The summed E-state index contributed by atoms with van der Waals surface area (Å²) < 4.78 is 0. The number of carbonyl (C=O) groups is 7. The molecule has 5 atom stereocenters. The maximum atomic E-state index is 13.8. The maximum Gasteiger partial charge on any atom is 0.326 e. The van der Waals surface area contributed by atoms with Gasteiger partial charge in [-0.1, -0.05) is 30.3 Å². The van der Waals surface area contributed by atoms with Crippen LogP contribution in [0.1, 0.15) is 36.9 Å². The van der Waals surface area contributed by atoms with Crippen molar-refractivity contribution in [1.82, 2.24) is 31.2 Å². The van der Waals surface area contributed by atoms with E-state index in [2.05, 4.69) is 36.2 Å². The molecule has 14 N–H and O–H groups in total. The van der Waals surface area contributed by atoms with Crippen molar-refractivity contribution in [2.75, 3.05) is 6.54 Å². The minimum absolute atomic E-state index is 0.0304.